The smallest absolute Gasteiger partial charge is 0.311 e. The van der Waals surface area contributed by atoms with Crippen molar-refractivity contribution in [3.63, 3.8) is 0 Å². The SMILES string of the molecule is O=C(O)C1CN(Cc2ccccc2)C(=O)C1O. The first-order valence-electron chi connectivity index (χ1n) is 5.33. The molecular weight excluding hydrogens is 222 g/mol. The Kier molecular flexibility index (Phi) is 3.10. The van der Waals surface area contributed by atoms with Gasteiger partial charge < -0.3 is 15.1 Å². The average molecular weight is 235 g/mol. The van der Waals surface area contributed by atoms with Gasteiger partial charge in [0.1, 0.15) is 12.0 Å². The summed E-state index contributed by atoms with van der Waals surface area (Å²) in [5.41, 5.74) is 0.916. The molecule has 1 fully saturated rings. The maximum absolute atomic E-state index is 11.6. The molecule has 5 heteroatoms. The van der Waals surface area contributed by atoms with Crippen molar-refractivity contribution in [2.45, 2.75) is 12.6 Å². The van der Waals surface area contributed by atoms with E-state index in [1.54, 1.807) is 0 Å². The Morgan fingerprint density at radius 1 is 1.35 bits per heavy atom. The summed E-state index contributed by atoms with van der Waals surface area (Å²) in [5.74, 6) is -2.67. The van der Waals surface area contributed by atoms with Crippen LogP contribution in [0.5, 0.6) is 0 Å². The quantitative estimate of drug-likeness (QED) is 0.778. The van der Waals surface area contributed by atoms with E-state index in [1.165, 1.54) is 4.90 Å². The fourth-order valence-corrected chi connectivity index (χ4v) is 1.95. The van der Waals surface area contributed by atoms with E-state index in [1.807, 2.05) is 30.3 Å². The molecule has 2 atom stereocenters. The number of carbonyl (C=O) groups is 2. The van der Waals surface area contributed by atoms with Gasteiger partial charge >= 0.3 is 5.97 Å². The molecule has 0 aromatic heterocycles. The standard InChI is InChI=1S/C12H13NO4/c14-10-9(12(16)17)7-13(11(10)15)6-8-4-2-1-3-5-8/h1-5,9-10,14H,6-7H2,(H,16,17). The lowest BCUT2D eigenvalue weighted by molar-refractivity contribution is -0.146. The second-order valence-corrected chi connectivity index (χ2v) is 4.09. The summed E-state index contributed by atoms with van der Waals surface area (Å²) in [7, 11) is 0. The lowest BCUT2D eigenvalue weighted by atomic mass is 10.1. The normalized spacial score (nSPS) is 24.1. The number of rotatable bonds is 3. The third-order valence-electron chi connectivity index (χ3n) is 2.90. The molecular formula is C12H13NO4. The predicted molar refractivity (Wildman–Crippen MR) is 59.0 cm³/mol. The number of hydrogen-bond donors (Lipinski definition) is 2. The zero-order chi connectivity index (χ0) is 12.4. The Morgan fingerprint density at radius 3 is 2.53 bits per heavy atom. The van der Waals surface area contributed by atoms with Gasteiger partial charge in [-0.3, -0.25) is 9.59 Å². The molecule has 2 unspecified atom stereocenters. The maximum atomic E-state index is 11.6. The molecule has 1 amide bonds. The van der Waals surface area contributed by atoms with Crippen molar-refractivity contribution in [2.75, 3.05) is 6.54 Å². The van der Waals surface area contributed by atoms with Crippen LogP contribution >= 0.6 is 0 Å². The Bertz CT molecular complexity index is 431. The second-order valence-electron chi connectivity index (χ2n) is 4.09. The summed E-state index contributed by atoms with van der Waals surface area (Å²) in [5, 5.41) is 18.4. The van der Waals surface area contributed by atoms with Crippen LogP contribution in [0.3, 0.4) is 0 Å². The Hall–Kier alpha value is -1.88. The molecule has 90 valence electrons. The van der Waals surface area contributed by atoms with Crippen LogP contribution in [0.25, 0.3) is 0 Å². The molecule has 1 aromatic carbocycles. The van der Waals surface area contributed by atoms with Gasteiger partial charge in [0, 0.05) is 13.1 Å². The summed E-state index contributed by atoms with van der Waals surface area (Å²) >= 11 is 0. The summed E-state index contributed by atoms with van der Waals surface area (Å²) in [6, 6.07) is 9.27. The Labute approximate surface area is 98.3 Å². The van der Waals surface area contributed by atoms with E-state index in [-0.39, 0.29) is 6.54 Å². The molecule has 1 aliphatic heterocycles. The number of carboxylic acids is 1. The van der Waals surface area contributed by atoms with Crippen molar-refractivity contribution >= 4 is 11.9 Å². The van der Waals surface area contributed by atoms with Crippen LogP contribution in [0.2, 0.25) is 0 Å². The van der Waals surface area contributed by atoms with Gasteiger partial charge in [0.05, 0.1) is 0 Å². The van der Waals surface area contributed by atoms with Crippen LogP contribution in [-0.2, 0) is 16.1 Å². The summed E-state index contributed by atoms with van der Waals surface area (Å²) in [6.07, 6.45) is -1.42. The Morgan fingerprint density at radius 2 is 2.00 bits per heavy atom. The third kappa shape index (κ3) is 2.29. The number of carboxylic acid groups (broad SMARTS) is 1. The lowest BCUT2D eigenvalue weighted by Crippen LogP contribution is -2.30. The van der Waals surface area contributed by atoms with Crippen molar-refractivity contribution in [3.8, 4) is 0 Å². The molecule has 2 rings (SSSR count). The van der Waals surface area contributed by atoms with Gasteiger partial charge in [-0.25, -0.2) is 0 Å². The minimum Gasteiger partial charge on any atom is -0.481 e. The van der Waals surface area contributed by atoms with E-state index in [2.05, 4.69) is 0 Å². The van der Waals surface area contributed by atoms with Crippen LogP contribution in [0, 0.1) is 5.92 Å². The van der Waals surface area contributed by atoms with Crippen molar-refractivity contribution in [3.05, 3.63) is 35.9 Å². The van der Waals surface area contributed by atoms with Crippen LogP contribution in [0.1, 0.15) is 5.56 Å². The molecule has 1 heterocycles. The van der Waals surface area contributed by atoms with E-state index in [4.69, 9.17) is 5.11 Å². The number of carbonyl (C=O) groups excluding carboxylic acids is 1. The third-order valence-corrected chi connectivity index (χ3v) is 2.90. The van der Waals surface area contributed by atoms with Crippen LogP contribution in [0.4, 0.5) is 0 Å². The van der Waals surface area contributed by atoms with Gasteiger partial charge in [-0.05, 0) is 5.56 Å². The average Bonchev–Trinajstić information content (AvgIpc) is 2.59. The summed E-state index contributed by atoms with van der Waals surface area (Å²) in [4.78, 5) is 23.8. The number of aliphatic carboxylic acids is 1. The molecule has 1 aliphatic rings. The van der Waals surface area contributed by atoms with Gasteiger partial charge in [0.15, 0.2) is 0 Å². The number of amides is 1. The first-order chi connectivity index (χ1) is 8.09. The first kappa shape index (κ1) is 11.6. The highest BCUT2D eigenvalue weighted by Crippen LogP contribution is 2.20. The van der Waals surface area contributed by atoms with E-state index in [0.717, 1.165) is 5.56 Å². The van der Waals surface area contributed by atoms with Crippen LogP contribution < -0.4 is 0 Å². The second kappa shape index (κ2) is 4.55. The minimum absolute atomic E-state index is 0.0597. The largest absolute Gasteiger partial charge is 0.481 e. The Balaban J connectivity index is 2.09. The molecule has 1 aromatic rings. The first-order valence-corrected chi connectivity index (χ1v) is 5.33. The van der Waals surface area contributed by atoms with Crippen molar-refractivity contribution in [1.82, 2.24) is 4.90 Å². The monoisotopic (exact) mass is 235 g/mol. The fourth-order valence-electron chi connectivity index (χ4n) is 1.95. The number of likely N-dealkylation sites (tertiary alicyclic amines) is 1. The number of hydrogen-bond acceptors (Lipinski definition) is 3. The van der Waals surface area contributed by atoms with Crippen LogP contribution in [-0.4, -0.2) is 39.6 Å². The molecule has 0 aliphatic carbocycles. The van der Waals surface area contributed by atoms with Crippen LogP contribution in [0.15, 0.2) is 30.3 Å². The zero-order valence-electron chi connectivity index (χ0n) is 9.11. The number of aliphatic hydroxyl groups excluding tert-OH is 1. The molecule has 2 N–H and O–H groups in total. The number of benzene rings is 1. The predicted octanol–water partition coefficient (Wildman–Crippen LogP) is 0.0905. The highest BCUT2D eigenvalue weighted by molar-refractivity contribution is 5.90. The molecule has 0 radical (unpaired) electrons. The van der Waals surface area contributed by atoms with Gasteiger partial charge in [-0.15, -0.1) is 0 Å². The lowest BCUT2D eigenvalue weighted by Gasteiger charge is -2.15. The van der Waals surface area contributed by atoms with Gasteiger partial charge in [-0.2, -0.15) is 0 Å². The topological polar surface area (TPSA) is 77.8 Å². The molecule has 17 heavy (non-hydrogen) atoms. The molecule has 1 saturated heterocycles. The molecule has 0 spiro atoms. The van der Waals surface area contributed by atoms with Gasteiger partial charge in [0.25, 0.3) is 5.91 Å². The van der Waals surface area contributed by atoms with E-state index in [0.29, 0.717) is 6.54 Å². The summed E-state index contributed by atoms with van der Waals surface area (Å²) in [6.45, 7) is 0.394. The molecule has 5 nitrogen and oxygen atoms in total. The highest BCUT2D eigenvalue weighted by atomic mass is 16.4. The summed E-state index contributed by atoms with van der Waals surface area (Å²) < 4.78 is 0. The number of nitrogens with zero attached hydrogens (tertiary/aromatic N) is 1. The van der Waals surface area contributed by atoms with Gasteiger partial charge in [-0.1, -0.05) is 30.3 Å². The highest BCUT2D eigenvalue weighted by Gasteiger charge is 2.43. The van der Waals surface area contributed by atoms with Gasteiger partial charge in [0.2, 0.25) is 0 Å². The van der Waals surface area contributed by atoms with E-state index < -0.39 is 23.9 Å². The maximum Gasteiger partial charge on any atom is 0.311 e. The van der Waals surface area contributed by atoms with Crippen molar-refractivity contribution < 1.29 is 19.8 Å². The number of aliphatic hydroxyl groups is 1. The fraction of sp³-hybridized carbons (Fsp3) is 0.333. The van der Waals surface area contributed by atoms with Crippen molar-refractivity contribution in [1.29, 1.82) is 0 Å². The minimum atomic E-state index is -1.42. The molecule has 0 saturated carbocycles. The zero-order valence-corrected chi connectivity index (χ0v) is 9.11. The van der Waals surface area contributed by atoms with E-state index in [9.17, 15) is 14.7 Å². The van der Waals surface area contributed by atoms with E-state index >= 15 is 0 Å². The molecule has 0 bridgehead atoms. The van der Waals surface area contributed by atoms with Crippen molar-refractivity contribution in [2.24, 2.45) is 5.92 Å².